The number of nitrogens with one attached hydrogen (secondary N) is 1. The Kier molecular flexibility index (Phi) is 4.75. The summed E-state index contributed by atoms with van der Waals surface area (Å²) in [6.07, 6.45) is 4.91. The standard InChI is InChI=1S/C14H17ClN2S/c1-3-6-17-14(12-4-5-13(15)18-12)11-7-10(2)8-16-9-11/h4-5,7-9,14,17H,3,6H2,1-2H3. The minimum Gasteiger partial charge on any atom is -0.306 e. The van der Waals surface area contributed by atoms with Crippen molar-refractivity contribution in [3.05, 3.63) is 50.9 Å². The molecular formula is C14H17ClN2S. The first-order chi connectivity index (χ1) is 8.70. The molecule has 0 fully saturated rings. The molecule has 0 saturated carbocycles. The van der Waals surface area contributed by atoms with Crippen molar-refractivity contribution in [2.45, 2.75) is 26.3 Å². The van der Waals surface area contributed by atoms with Gasteiger partial charge in [-0.3, -0.25) is 4.98 Å². The Balaban J connectivity index is 2.30. The summed E-state index contributed by atoms with van der Waals surface area (Å²) in [7, 11) is 0. The summed E-state index contributed by atoms with van der Waals surface area (Å²) in [5, 5.41) is 3.55. The summed E-state index contributed by atoms with van der Waals surface area (Å²) in [5.74, 6) is 0. The number of pyridine rings is 1. The fourth-order valence-corrected chi connectivity index (χ4v) is 3.06. The van der Waals surface area contributed by atoms with E-state index in [-0.39, 0.29) is 6.04 Å². The van der Waals surface area contributed by atoms with Gasteiger partial charge in [-0.15, -0.1) is 11.3 Å². The molecule has 2 aromatic rings. The van der Waals surface area contributed by atoms with Crippen LogP contribution < -0.4 is 5.32 Å². The largest absolute Gasteiger partial charge is 0.306 e. The molecule has 1 N–H and O–H groups in total. The first kappa shape index (κ1) is 13.5. The molecule has 0 aliphatic heterocycles. The number of nitrogens with zero attached hydrogens (tertiary/aromatic N) is 1. The fourth-order valence-electron chi connectivity index (χ4n) is 1.89. The average Bonchev–Trinajstić information content (AvgIpc) is 2.76. The van der Waals surface area contributed by atoms with Gasteiger partial charge in [0.1, 0.15) is 0 Å². The zero-order chi connectivity index (χ0) is 13.0. The third-order valence-electron chi connectivity index (χ3n) is 2.71. The van der Waals surface area contributed by atoms with Crippen LogP contribution in [-0.2, 0) is 0 Å². The number of aromatic nitrogens is 1. The normalized spacial score (nSPS) is 12.6. The molecule has 2 heterocycles. The first-order valence-electron chi connectivity index (χ1n) is 6.11. The molecule has 18 heavy (non-hydrogen) atoms. The fraction of sp³-hybridized carbons (Fsp3) is 0.357. The van der Waals surface area contributed by atoms with Gasteiger partial charge in [-0.2, -0.15) is 0 Å². The highest BCUT2D eigenvalue weighted by Gasteiger charge is 2.15. The third-order valence-corrected chi connectivity index (χ3v) is 4.00. The Morgan fingerprint density at radius 1 is 1.39 bits per heavy atom. The van der Waals surface area contributed by atoms with Crippen LogP contribution in [0, 0.1) is 6.92 Å². The van der Waals surface area contributed by atoms with E-state index in [4.69, 9.17) is 11.6 Å². The lowest BCUT2D eigenvalue weighted by molar-refractivity contribution is 0.604. The molecule has 96 valence electrons. The Hall–Kier alpha value is -0.900. The maximum atomic E-state index is 6.03. The van der Waals surface area contributed by atoms with Crippen molar-refractivity contribution in [3.8, 4) is 0 Å². The van der Waals surface area contributed by atoms with Gasteiger partial charge in [0, 0.05) is 17.3 Å². The van der Waals surface area contributed by atoms with E-state index in [0.717, 1.165) is 17.3 Å². The van der Waals surface area contributed by atoms with E-state index in [1.165, 1.54) is 16.0 Å². The Morgan fingerprint density at radius 3 is 2.83 bits per heavy atom. The van der Waals surface area contributed by atoms with E-state index in [9.17, 15) is 0 Å². The zero-order valence-corrected chi connectivity index (χ0v) is 12.2. The smallest absolute Gasteiger partial charge is 0.0931 e. The topological polar surface area (TPSA) is 24.9 Å². The van der Waals surface area contributed by atoms with Crippen molar-refractivity contribution in [1.82, 2.24) is 10.3 Å². The van der Waals surface area contributed by atoms with Crippen LogP contribution in [0.15, 0.2) is 30.6 Å². The second-order valence-corrected chi connectivity index (χ2v) is 6.07. The van der Waals surface area contributed by atoms with Crippen LogP contribution in [0.25, 0.3) is 0 Å². The Labute approximate surface area is 117 Å². The van der Waals surface area contributed by atoms with Crippen molar-refractivity contribution in [1.29, 1.82) is 0 Å². The van der Waals surface area contributed by atoms with Gasteiger partial charge in [-0.05, 0) is 43.1 Å². The van der Waals surface area contributed by atoms with Crippen molar-refractivity contribution >= 4 is 22.9 Å². The number of hydrogen-bond donors (Lipinski definition) is 1. The molecule has 2 nitrogen and oxygen atoms in total. The highest BCUT2D eigenvalue weighted by molar-refractivity contribution is 7.16. The predicted octanol–water partition coefficient (Wildman–Crippen LogP) is 4.19. The van der Waals surface area contributed by atoms with Crippen molar-refractivity contribution in [2.24, 2.45) is 0 Å². The number of rotatable bonds is 5. The van der Waals surface area contributed by atoms with Gasteiger partial charge in [0.15, 0.2) is 0 Å². The maximum absolute atomic E-state index is 6.03. The number of hydrogen-bond acceptors (Lipinski definition) is 3. The highest BCUT2D eigenvalue weighted by atomic mass is 35.5. The molecule has 0 amide bonds. The molecule has 4 heteroatoms. The van der Waals surface area contributed by atoms with Gasteiger partial charge in [-0.1, -0.05) is 24.6 Å². The lowest BCUT2D eigenvalue weighted by Gasteiger charge is -2.17. The van der Waals surface area contributed by atoms with Gasteiger partial charge in [0.2, 0.25) is 0 Å². The zero-order valence-electron chi connectivity index (χ0n) is 10.6. The van der Waals surface area contributed by atoms with Crippen molar-refractivity contribution in [2.75, 3.05) is 6.54 Å². The van der Waals surface area contributed by atoms with Crippen molar-refractivity contribution < 1.29 is 0 Å². The lowest BCUT2D eigenvalue weighted by atomic mass is 10.1. The summed E-state index contributed by atoms with van der Waals surface area (Å²) in [5.41, 5.74) is 2.38. The van der Waals surface area contributed by atoms with Crippen LogP contribution in [0.1, 0.15) is 35.4 Å². The molecule has 1 atom stereocenters. The Morgan fingerprint density at radius 2 is 2.22 bits per heavy atom. The third kappa shape index (κ3) is 3.31. The summed E-state index contributed by atoms with van der Waals surface area (Å²) < 4.78 is 0.828. The number of thiophene rings is 1. The van der Waals surface area contributed by atoms with Gasteiger partial charge in [0.05, 0.1) is 10.4 Å². The minimum absolute atomic E-state index is 0.190. The van der Waals surface area contributed by atoms with E-state index < -0.39 is 0 Å². The van der Waals surface area contributed by atoms with Crippen LogP contribution in [0.3, 0.4) is 0 Å². The van der Waals surface area contributed by atoms with Crippen LogP contribution in [0.2, 0.25) is 4.34 Å². The molecular weight excluding hydrogens is 264 g/mol. The summed E-state index contributed by atoms with van der Waals surface area (Å²) in [6, 6.07) is 6.40. The molecule has 2 aromatic heterocycles. The second kappa shape index (κ2) is 6.32. The Bertz CT molecular complexity index is 510. The lowest BCUT2D eigenvalue weighted by Crippen LogP contribution is -2.22. The van der Waals surface area contributed by atoms with Gasteiger partial charge in [-0.25, -0.2) is 0 Å². The number of aryl methyl sites for hydroxylation is 1. The molecule has 0 spiro atoms. The first-order valence-corrected chi connectivity index (χ1v) is 7.30. The summed E-state index contributed by atoms with van der Waals surface area (Å²) >= 11 is 7.65. The van der Waals surface area contributed by atoms with Crippen LogP contribution in [0.5, 0.6) is 0 Å². The molecule has 1 unspecified atom stereocenters. The van der Waals surface area contributed by atoms with Gasteiger partial charge >= 0.3 is 0 Å². The second-order valence-electron chi connectivity index (χ2n) is 4.32. The predicted molar refractivity (Wildman–Crippen MR) is 78.4 cm³/mol. The van der Waals surface area contributed by atoms with E-state index in [2.05, 4.69) is 36.3 Å². The van der Waals surface area contributed by atoms with Crippen LogP contribution >= 0.6 is 22.9 Å². The quantitative estimate of drug-likeness (QED) is 0.888. The molecule has 2 rings (SSSR count). The van der Waals surface area contributed by atoms with Gasteiger partial charge in [0.25, 0.3) is 0 Å². The van der Waals surface area contributed by atoms with Crippen LogP contribution in [-0.4, -0.2) is 11.5 Å². The molecule has 0 aliphatic rings. The van der Waals surface area contributed by atoms with E-state index in [1.807, 2.05) is 18.5 Å². The molecule has 0 aromatic carbocycles. The van der Waals surface area contributed by atoms with E-state index >= 15 is 0 Å². The maximum Gasteiger partial charge on any atom is 0.0931 e. The molecule has 0 aliphatic carbocycles. The minimum atomic E-state index is 0.190. The molecule has 0 saturated heterocycles. The highest BCUT2D eigenvalue weighted by Crippen LogP contribution is 2.31. The summed E-state index contributed by atoms with van der Waals surface area (Å²) in [4.78, 5) is 5.51. The van der Waals surface area contributed by atoms with Gasteiger partial charge < -0.3 is 5.32 Å². The SMILES string of the molecule is CCCNC(c1cncc(C)c1)c1ccc(Cl)s1. The van der Waals surface area contributed by atoms with E-state index in [1.54, 1.807) is 11.3 Å². The molecule has 0 bridgehead atoms. The summed E-state index contributed by atoms with van der Waals surface area (Å²) in [6.45, 7) is 5.21. The van der Waals surface area contributed by atoms with Crippen LogP contribution in [0.4, 0.5) is 0 Å². The molecule has 0 radical (unpaired) electrons. The average molecular weight is 281 g/mol. The monoisotopic (exact) mass is 280 g/mol. The number of halogens is 1. The van der Waals surface area contributed by atoms with E-state index in [0.29, 0.717) is 0 Å². The van der Waals surface area contributed by atoms with Crippen molar-refractivity contribution in [3.63, 3.8) is 0 Å².